The Kier molecular flexibility index (Phi) is 7.08. The number of rotatable bonds is 6. The second-order valence-corrected chi connectivity index (χ2v) is 8.48. The zero-order chi connectivity index (χ0) is 19.3. The van der Waals surface area contributed by atoms with Gasteiger partial charge in [-0.2, -0.15) is 4.31 Å². The highest BCUT2D eigenvalue weighted by molar-refractivity contribution is 7.92. The van der Waals surface area contributed by atoms with E-state index < -0.39 is 22.5 Å². The fraction of sp³-hybridized carbons (Fsp3) is 0.118. The van der Waals surface area contributed by atoms with E-state index in [2.05, 4.69) is 5.32 Å². The molecule has 0 aliphatic heterocycles. The van der Waals surface area contributed by atoms with E-state index >= 15 is 0 Å². The third-order valence-electron chi connectivity index (χ3n) is 3.33. The normalized spacial score (nSPS) is 11.9. The molecule has 2 aromatic rings. The van der Waals surface area contributed by atoms with Crippen molar-refractivity contribution in [3.63, 3.8) is 0 Å². The molecule has 1 amide bonds. The van der Waals surface area contributed by atoms with E-state index in [1.165, 1.54) is 13.1 Å². The van der Waals surface area contributed by atoms with Crippen LogP contribution < -0.4 is 5.32 Å². The summed E-state index contributed by atoms with van der Waals surface area (Å²) in [6, 6.07) is 11.4. The number of hydrogen-bond donors (Lipinski definition) is 1. The Labute approximate surface area is 167 Å². The van der Waals surface area contributed by atoms with E-state index in [0.29, 0.717) is 10.6 Å². The number of carbonyl (C=O) groups is 1. The summed E-state index contributed by atoms with van der Waals surface area (Å²) >= 11 is 17.7. The van der Waals surface area contributed by atoms with Crippen molar-refractivity contribution in [1.29, 1.82) is 0 Å². The fourth-order valence-electron chi connectivity index (χ4n) is 1.93. The number of amides is 1. The van der Waals surface area contributed by atoms with Crippen LogP contribution in [0, 0.1) is 0 Å². The first-order chi connectivity index (χ1) is 12.2. The highest BCUT2D eigenvalue weighted by Gasteiger charge is 2.19. The summed E-state index contributed by atoms with van der Waals surface area (Å²) < 4.78 is 25.5. The van der Waals surface area contributed by atoms with Gasteiger partial charge in [-0.3, -0.25) is 4.79 Å². The summed E-state index contributed by atoms with van der Waals surface area (Å²) in [4.78, 5) is 12.1. The molecule has 0 saturated carbocycles. The number of sulfonamides is 1. The summed E-state index contributed by atoms with van der Waals surface area (Å²) in [6.45, 7) is -0.394. The van der Waals surface area contributed by atoms with E-state index in [1.807, 2.05) is 0 Å². The Morgan fingerprint density at radius 3 is 2.23 bits per heavy atom. The Hall–Kier alpha value is -1.57. The number of para-hydroxylation sites is 1. The van der Waals surface area contributed by atoms with Crippen molar-refractivity contribution in [1.82, 2.24) is 4.31 Å². The summed E-state index contributed by atoms with van der Waals surface area (Å²) in [5, 5.41) is 4.61. The van der Waals surface area contributed by atoms with Crippen molar-refractivity contribution in [2.24, 2.45) is 0 Å². The van der Waals surface area contributed by atoms with Crippen LogP contribution in [0.3, 0.4) is 0 Å². The first-order valence-electron chi connectivity index (χ1n) is 7.33. The SMILES string of the molecule is CN(CC(=O)Nc1c(Cl)cccc1Cl)S(=O)(=O)/C=C/c1ccc(Cl)cc1. The van der Waals surface area contributed by atoms with E-state index in [4.69, 9.17) is 34.8 Å². The number of likely N-dealkylation sites (N-methyl/N-ethyl adjacent to an activating group) is 1. The van der Waals surface area contributed by atoms with Gasteiger partial charge in [-0.25, -0.2) is 8.42 Å². The summed E-state index contributed by atoms with van der Waals surface area (Å²) in [6.07, 6.45) is 1.42. The van der Waals surface area contributed by atoms with Gasteiger partial charge in [0.05, 0.1) is 22.3 Å². The molecule has 5 nitrogen and oxygen atoms in total. The molecular formula is C17H15Cl3N2O3S. The van der Waals surface area contributed by atoms with Gasteiger partial charge in [0, 0.05) is 17.5 Å². The van der Waals surface area contributed by atoms with Crippen LogP contribution in [0.25, 0.3) is 6.08 Å². The molecule has 0 fully saturated rings. The largest absolute Gasteiger partial charge is 0.322 e. The lowest BCUT2D eigenvalue weighted by Gasteiger charge is -2.15. The van der Waals surface area contributed by atoms with Crippen LogP contribution in [0.5, 0.6) is 0 Å². The number of nitrogens with zero attached hydrogens (tertiary/aromatic N) is 1. The van der Waals surface area contributed by atoms with Crippen molar-refractivity contribution >= 4 is 62.5 Å². The van der Waals surface area contributed by atoms with Crippen LogP contribution in [0.15, 0.2) is 47.9 Å². The van der Waals surface area contributed by atoms with Gasteiger partial charge in [-0.1, -0.05) is 53.0 Å². The predicted octanol–water partition coefficient (Wildman–Crippen LogP) is 4.52. The summed E-state index contributed by atoms with van der Waals surface area (Å²) in [7, 11) is -2.48. The lowest BCUT2D eigenvalue weighted by Crippen LogP contribution is -2.33. The number of hydrogen-bond acceptors (Lipinski definition) is 3. The molecule has 0 heterocycles. The van der Waals surface area contributed by atoms with Gasteiger partial charge in [-0.15, -0.1) is 0 Å². The Morgan fingerprint density at radius 1 is 1.08 bits per heavy atom. The molecular weight excluding hydrogens is 419 g/mol. The number of anilines is 1. The van der Waals surface area contributed by atoms with Gasteiger partial charge in [0.2, 0.25) is 15.9 Å². The lowest BCUT2D eigenvalue weighted by molar-refractivity contribution is -0.116. The number of nitrogens with one attached hydrogen (secondary N) is 1. The highest BCUT2D eigenvalue weighted by Crippen LogP contribution is 2.29. The first kappa shape index (κ1) is 20.7. The van der Waals surface area contributed by atoms with Gasteiger partial charge in [0.15, 0.2) is 0 Å². The van der Waals surface area contributed by atoms with E-state index in [9.17, 15) is 13.2 Å². The van der Waals surface area contributed by atoms with Crippen LogP contribution in [0.4, 0.5) is 5.69 Å². The van der Waals surface area contributed by atoms with Gasteiger partial charge < -0.3 is 5.32 Å². The van der Waals surface area contributed by atoms with Crippen LogP contribution in [-0.4, -0.2) is 32.2 Å². The molecule has 0 aromatic heterocycles. The molecule has 0 unspecified atom stereocenters. The van der Waals surface area contributed by atoms with Crippen LogP contribution in [-0.2, 0) is 14.8 Å². The minimum absolute atomic E-state index is 0.239. The first-order valence-corrected chi connectivity index (χ1v) is 9.96. The molecule has 9 heteroatoms. The van der Waals surface area contributed by atoms with Gasteiger partial charge in [0.25, 0.3) is 0 Å². The fourth-order valence-corrected chi connectivity index (χ4v) is 3.38. The van der Waals surface area contributed by atoms with Gasteiger partial charge in [0.1, 0.15) is 0 Å². The monoisotopic (exact) mass is 432 g/mol. The maximum Gasteiger partial charge on any atom is 0.239 e. The molecule has 2 aromatic carbocycles. The Bertz CT molecular complexity index is 909. The number of benzene rings is 2. The topological polar surface area (TPSA) is 66.5 Å². The third-order valence-corrected chi connectivity index (χ3v) is 5.69. The second kappa shape index (κ2) is 8.88. The predicted molar refractivity (Wildman–Crippen MR) is 107 cm³/mol. The number of halogens is 3. The van der Waals surface area contributed by atoms with Crippen molar-refractivity contribution in [2.75, 3.05) is 18.9 Å². The Morgan fingerprint density at radius 2 is 1.65 bits per heavy atom. The van der Waals surface area contributed by atoms with Crippen LogP contribution in [0.1, 0.15) is 5.56 Å². The van der Waals surface area contributed by atoms with Gasteiger partial charge in [-0.05, 0) is 35.9 Å². The quantitative estimate of drug-likeness (QED) is 0.728. The molecule has 0 radical (unpaired) electrons. The van der Waals surface area contributed by atoms with Gasteiger partial charge >= 0.3 is 0 Å². The molecule has 0 saturated heterocycles. The molecule has 0 aliphatic rings. The molecule has 0 aliphatic carbocycles. The molecule has 1 N–H and O–H groups in total. The van der Waals surface area contributed by atoms with E-state index in [0.717, 1.165) is 9.71 Å². The summed E-state index contributed by atoms with van der Waals surface area (Å²) in [5.41, 5.74) is 0.905. The summed E-state index contributed by atoms with van der Waals surface area (Å²) in [5.74, 6) is -0.564. The molecule has 0 spiro atoms. The average Bonchev–Trinajstić information content (AvgIpc) is 2.58. The standard InChI is InChI=1S/C17H15Cl3N2O3S/c1-22(11-16(23)21-17-14(19)3-2-4-15(17)20)26(24,25)10-9-12-5-7-13(18)8-6-12/h2-10H,11H2,1H3,(H,21,23)/b10-9+. The Balaban J connectivity index is 2.04. The molecule has 0 bridgehead atoms. The van der Waals surface area contributed by atoms with E-state index in [1.54, 1.807) is 42.5 Å². The second-order valence-electron chi connectivity index (χ2n) is 5.30. The smallest absolute Gasteiger partial charge is 0.239 e. The maximum atomic E-state index is 12.3. The van der Waals surface area contributed by atoms with Crippen molar-refractivity contribution in [2.45, 2.75) is 0 Å². The lowest BCUT2D eigenvalue weighted by atomic mass is 10.2. The van der Waals surface area contributed by atoms with Crippen molar-refractivity contribution in [3.8, 4) is 0 Å². The molecule has 0 atom stereocenters. The van der Waals surface area contributed by atoms with Crippen LogP contribution >= 0.6 is 34.8 Å². The molecule has 138 valence electrons. The van der Waals surface area contributed by atoms with Crippen LogP contribution in [0.2, 0.25) is 15.1 Å². The maximum absolute atomic E-state index is 12.3. The third kappa shape index (κ3) is 5.72. The van der Waals surface area contributed by atoms with E-state index in [-0.39, 0.29) is 15.7 Å². The van der Waals surface area contributed by atoms with Crippen molar-refractivity contribution in [3.05, 3.63) is 68.5 Å². The number of carbonyl (C=O) groups excluding carboxylic acids is 1. The molecule has 26 heavy (non-hydrogen) atoms. The van der Waals surface area contributed by atoms with Crippen molar-refractivity contribution < 1.29 is 13.2 Å². The molecule has 2 rings (SSSR count). The highest BCUT2D eigenvalue weighted by atomic mass is 35.5. The zero-order valence-corrected chi connectivity index (χ0v) is 16.7. The average molecular weight is 434 g/mol. The zero-order valence-electron chi connectivity index (χ0n) is 13.6. The minimum Gasteiger partial charge on any atom is -0.322 e. The minimum atomic E-state index is -3.78.